The molecule has 1 aromatic heterocycles. The third-order valence-electron chi connectivity index (χ3n) is 2.99. The van der Waals surface area contributed by atoms with Crippen molar-refractivity contribution in [3.8, 4) is 6.07 Å². The van der Waals surface area contributed by atoms with Crippen molar-refractivity contribution in [3.63, 3.8) is 0 Å². The molecular weight excluding hydrogens is 348 g/mol. The highest BCUT2D eigenvalue weighted by atomic mass is 35.5. The van der Waals surface area contributed by atoms with Gasteiger partial charge in [0.15, 0.2) is 6.61 Å². The molecule has 1 N–H and O–H groups in total. The van der Waals surface area contributed by atoms with Crippen LogP contribution in [0, 0.1) is 18.3 Å². The second kappa shape index (κ2) is 8.29. The molecule has 0 atom stereocenters. The van der Waals surface area contributed by atoms with Gasteiger partial charge in [0.1, 0.15) is 6.07 Å². The lowest BCUT2D eigenvalue weighted by molar-refractivity contribution is -0.142. The van der Waals surface area contributed by atoms with E-state index >= 15 is 0 Å². The van der Waals surface area contributed by atoms with E-state index in [-0.39, 0.29) is 11.3 Å². The highest BCUT2D eigenvalue weighted by molar-refractivity contribution is 7.11. The molecule has 2 aromatic rings. The quantitative estimate of drug-likeness (QED) is 0.650. The molecule has 0 aliphatic heterocycles. The van der Waals surface area contributed by atoms with E-state index in [9.17, 15) is 9.59 Å². The number of hydrogen-bond donors (Lipinski definition) is 1. The Morgan fingerprint density at radius 2 is 2.21 bits per heavy atom. The molecule has 0 spiro atoms. The van der Waals surface area contributed by atoms with Crippen molar-refractivity contribution < 1.29 is 14.3 Å². The average molecular weight is 361 g/mol. The van der Waals surface area contributed by atoms with Crippen LogP contribution in [-0.2, 0) is 14.3 Å². The number of nitriles is 1. The summed E-state index contributed by atoms with van der Waals surface area (Å²) in [6.07, 6.45) is 2.91. The van der Waals surface area contributed by atoms with E-state index in [1.165, 1.54) is 29.5 Å². The first-order chi connectivity index (χ1) is 11.5. The monoisotopic (exact) mass is 360 g/mol. The van der Waals surface area contributed by atoms with Crippen LogP contribution in [-0.4, -0.2) is 18.5 Å². The zero-order valence-corrected chi connectivity index (χ0v) is 14.3. The summed E-state index contributed by atoms with van der Waals surface area (Å²) in [5.41, 5.74) is 1.61. The van der Waals surface area contributed by atoms with E-state index in [4.69, 9.17) is 21.6 Å². The maximum absolute atomic E-state index is 11.8. The summed E-state index contributed by atoms with van der Waals surface area (Å²) in [6, 6.07) is 8.39. The Morgan fingerprint density at radius 1 is 1.42 bits per heavy atom. The second-order valence-corrected chi connectivity index (χ2v) is 6.14. The number of amides is 1. The maximum atomic E-state index is 11.8. The van der Waals surface area contributed by atoms with Crippen molar-refractivity contribution in [1.82, 2.24) is 0 Å². The van der Waals surface area contributed by atoms with Crippen LogP contribution in [0.4, 0.5) is 5.69 Å². The van der Waals surface area contributed by atoms with Gasteiger partial charge in [0.05, 0.1) is 11.3 Å². The number of aryl methyl sites for hydroxylation is 1. The molecule has 0 unspecified atom stereocenters. The topological polar surface area (TPSA) is 79.2 Å². The highest BCUT2D eigenvalue weighted by Gasteiger charge is 2.09. The van der Waals surface area contributed by atoms with E-state index in [1.54, 1.807) is 12.1 Å². The Morgan fingerprint density at radius 3 is 2.88 bits per heavy atom. The minimum atomic E-state index is -0.621. The van der Waals surface area contributed by atoms with Crippen molar-refractivity contribution >= 4 is 46.6 Å². The highest BCUT2D eigenvalue weighted by Crippen LogP contribution is 2.20. The summed E-state index contributed by atoms with van der Waals surface area (Å²) >= 11 is 7.34. The number of carbonyl (C=O) groups excluding carboxylic acids is 2. The van der Waals surface area contributed by atoms with Crippen LogP contribution in [0.3, 0.4) is 0 Å². The van der Waals surface area contributed by atoms with Crippen molar-refractivity contribution in [2.75, 3.05) is 11.9 Å². The first-order valence-corrected chi connectivity index (χ1v) is 8.14. The number of halogens is 1. The lowest BCUT2D eigenvalue weighted by atomic mass is 10.2. The van der Waals surface area contributed by atoms with Gasteiger partial charge in [-0.25, -0.2) is 4.79 Å². The van der Waals surface area contributed by atoms with Crippen molar-refractivity contribution in [3.05, 3.63) is 56.7 Å². The minimum Gasteiger partial charge on any atom is -0.452 e. The largest absolute Gasteiger partial charge is 0.452 e. The van der Waals surface area contributed by atoms with Gasteiger partial charge in [-0.2, -0.15) is 5.26 Å². The number of thiophene rings is 1. The smallest absolute Gasteiger partial charge is 0.331 e. The molecule has 122 valence electrons. The zero-order chi connectivity index (χ0) is 17.5. The van der Waals surface area contributed by atoms with E-state index in [0.29, 0.717) is 5.02 Å². The van der Waals surface area contributed by atoms with Gasteiger partial charge in [-0.1, -0.05) is 11.6 Å². The van der Waals surface area contributed by atoms with Crippen molar-refractivity contribution in [2.45, 2.75) is 6.92 Å². The molecule has 24 heavy (non-hydrogen) atoms. The number of nitrogens with one attached hydrogen (secondary N) is 1. The molecule has 0 saturated heterocycles. The molecule has 0 aliphatic carbocycles. The summed E-state index contributed by atoms with van der Waals surface area (Å²) < 4.78 is 4.87. The molecule has 5 nitrogen and oxygen atoms in total. The van der Waals surface area contributed by atoms with Crippen LogP contribution < -0.4 is 5.32 Å². The number of esters is 1. The van der Waals surface area contributed by atoms with Gasteiger partial charge in [-0.15, -0.1) is 11.3 Å². The van der Waals surface area contributed by atoms with Gasteiger partial charge in [-0.05, 0) is 48.2 Å². The molecule has 1 heterocycles. The summed E-state index contributed by atoms with van der Waals surface area (Å²) in [7, 11) is 0. The fourth-order valence-corrected chi connectivity index (χ4v) is 2.78. The molecule has 0 fully saturated rings. The summed E-state index contributed by atoms with van der Waals surface area (Å²) in [4.78, 5) is 24.4. The molecule has 0 radical (unpaired) electrons. The first kappa shape index (κ1) is 17.7. The maximum Gasteiger partial charge on any atom is 0.331 e. The first-order valence-electron chi connectivity index (χ1n) is 6.88. The van der Waals surface area contributed by atoms with E-state index in [1.807, 2.05) is 24.4 Å². The average Bonchev–Trinajstić information content (AvgIpc) is 2.96. The predicted molar refractivity (Wildman–Crippen MR) is 93.8 cm³/mol. The molecule has 1 aromatic carbocycles. The van der Waals surface area contributed by atoms with Gasteiger partial charge >= 0.3 is 5.97 Å². The van der Waals surface area contributed by atoms with E-state index in [0.717, 1.165) is 10.4 Å². The lowest BCUT2D eigenvalue weighted by Crippen LogP contribution is -2.20. The lowest BCUT2D eigenvalue weighted by Gasteiger charge is -2.07. The number of benzene rings is 1. The van der Waals surface area contributed by atoms with Crippen LogP contribution in [0.25, 0.3) is 6.08 Å². The number of carbonyl (C=O) groups is 2. The predicted octanol–water partition coefficient (Wildman–Crippen LogP) is 3.78. The van der Waals surface area contributed by atoms with E-state index in [2.05, 4.69) is 5.32 Å². The molecule has 0 aliphatic rings. The number of hydrogen-bond acceptors (Lipinski definition) is 5. The van der Waals surface area contributed by atoms with Crippen molar-refractivity contribution in [2.24, 2.45) is 0 Å². The van der Waals surface area contributed by atoms with Crippen LogP contribution >= 0.6 is 22.9 Å². The van der Waals surface area contributed by atoms with Gasteiger partial charge in [0.2, 0.25) is 0 Å². The standard InChI is InChI=1S/C17H13ClN2O3S/c1-11-6-7-24-15(11)4-5-17(22)23-10-16(21)20-14-8-13(18)3-2-12(14)9-19/h2-8H,10H2,1H3,(H,20,21)/b5-4+. The second-order valence-electron chi connectivity index (χ2n) is 4.76. The van der Waals surface area contributed by atoms with Gasteiger partial charge in [-0.3, -0.25) is 4.79 Å². The molecule has 7 heteroatoms. The molecule has 2 rings (SSSR count). The SMILES string of the molecule is Cc1ccsc1/C=C/C(=O)OCC(=O)Nc1cc(Cl)ccc1C#N. The number of rotatable bonds is 5. The third kappa shape index (κ3) is 4.95. The summed E-state index contributed by atoms with van der Waals surface area (Å²) in [5.74, 6) is -1.17. The fourth-order valence-electron chi connectivity index (χ4n) is 1.79. The van der Waals surface area contributed by atoms with Crippen LogP contribution in [0.2, 0.25) is 5.02 Å². The minimum absolute atomic E-state index is 0.271. The van der Waals surface area contributed by atoms with Gasteiger partial charge in [0.25, 0.3) is 5.91 Å². The van der Waals surface area contributed by atoms with Crippen molar-refractivity contribution in [1.29, 1.82) is 5.26 Å². The molecular formula is C17H13ClN2O3S. The third-order valence-corrected chi connectivity index (χ3v) is 4.21. The Balaban J connectivity index is 1.88. The Hall–Kier alpha value is -2.62. The fraction of sp³-hybridized carbons (Fsp3) is 0.118. The summed E-state index contributed by atoms with van der Waals surface area (Å²) in [5, 5.41) is 13.8. The summed E-state index contributed by atoms with van der Waals surface area (Å²) in [6.45, 7) is 1.48. The Kier molecular flexibility index (Phi) is 6.13. The Labute approximate surface area is 148 Å². The number of ether oxygens (including phenoxy) is 1. The van der Waals surface area contributed by atoms with Crippen LogP contribution in [0.1, 0.15) is 16.0 Å². The Bertz CT molecular complexity index is 837. The van der Waals surface area contributed by atoms with E-state index < -0.39 is 18.5 Å². The van der Waals surface area contributed by atoms with Gasteiger partial charge < -0.3 is 10.1 Å². The number of anilines is 1. The molecule has 1 amide bonds. The number of nitrogens with zero attached hydrogens (tertiary/aromatic N) is 1. The molecule has 0 bridgehead atoms. The van der Waals surface area contributed by atoms with Gasteiger partial charge in [0, 0.05) is 16.0 Å². The normalized spacial score (nSPS) is 10.4. The zero-order valence-electron chi connectivity index (χ0n) is 12.7. The van der Waals surface area contributed by atoms with Crippen LogP contribution in [0.15, 0.2) is 35.7 Å². The van der Waals surface area contributed by atoms with Crippen LogP contribution in [0.5, 0.6) is 0 Å². The molecule has 0 saturated carbocycles.